The Morgan fingerprint density at radius 2 is 1.58 bits per heavy atom. The Morgan fingerprint density at radius 1 is 1.03 bits per heavy atom. The number of carbonyl (C=O) groups excluding carboxylic acids is 1. The lowest BCUT2D eigenvalue weighted by Gasteiger charge is -2.47. The number of benzene rings is 2. The molecule has 0 spiro atoms. The monoisotopic (exact) mass is 508 g/mol. The molecule has 0 saturated carbocycles. The molecule has 3 rings (SSSR count). The highest BCUT2D eigenvalue weighted by molar-refractivity contribution is 6.99. The summed E-state index contributed by atoms with van der Waals surface area (Å²) in [4.78, 5) is 12.0. The third-order valence-corrected chi connectivity index (χ3v) is 13.0. The van der Waals surface area contributed by atoms with Gasteiger partial charge in [0.2, 0.25) is 0 Å². The van der Waals surface area contributed by atoms with Crippen LogP contribution in [0.25, 0.3) is 0 Å². The van der Waals surface area contributed by atoms with Crippen molar-refractivity contribution < 1.29 is 18.7 Å². The molecule has 5 heteroatoms. The largest absolute Gasteiger partial charge is 0.403 e. The minimum Gasteiger partial charge on any atom is -0.403 e. The molecule has 36 heavy (non-hydrogen) atoms. The first kappa shape index (κ1) is 28.5. The number of hydrogen-bond acceptors (Lipinski definition) is 4. The van der Waals surface area contributed by atoms with E-state index in [4.69, 9.17) is 13.9 Å². The quantitative estimate of drug-likeness (QED) is 0.216. The Balaban J connectivity index is 2.08. The summed E-state index contributed by atoms with van der Waals surface area (Å²) in [5.74, 6) is 0.579. The van der Waals surface area contributed by atoms with Crippen LogP contribution < -0.4 is 10.4 Å². The zero-order chi connectivity index (χ0) is 26.4. The molecule has 1 aliphatic carbocycles. The van der Waals surface area contributed by atoms with E-state index >= 15 is 0 Å². The highest BCUT2D eigenvalue weighted by atomic mass is 28.4. The van der Waals surface area contributed by atoms with E-state index in [1.807, 2.05) is 0 Å². The average molecular weight is 509 g/mol. The molecule has 3 atom stereocenters. The van der Waals surface area contributed by atoms with Gasteiger partial charge < -0.3 is 18.7 Å². The molecular weight excluding hydrogens is 464 g/mol. The van der Waals surface area contributed by atoms with Gasteiger partial charge in [0.15, 0.2) is 0 Å². The highest BCUT2D eigenvalue weighted by Crippen LogP contribution is 2.47. The first-order chi connectivity index (χ1) is 17.0. The molecule has 4 nitrogen and oxygen atoms in total. The van der Waals surface area contributed by atoms with Crippen LogP contribution in [0.15, 0.2) is 72.3 Å². The molecule has 2 aromatic carbocycles. The smallest absolute Gasteiger partial charge is 0.261 e. The van der Waals surface area contributed by atoms with Gasteiger partial charge in [0.1, 0.15) is 12.6 Å². The highest BCUT2D eigenvalue weighted by Gasteiger charge is 2.51. The second-order valence-corrected chi connectivity index (χ2v) is 15.8. The van der Waals surface area contributed by atoms with Crippen molar-refractivity contribution >= 4 is 24.5 Å². The minimum absolute atomic E-state index is 0.0249. The molecule has 0 heterocycles. The Kier molecular flexibility index (Phi) is 9.50. The lowest BCUT2D eigenvalue weighted by atomic mass is 9.64. The molecular formula is C31H44O4Si. The van der Waals surface area contributed by atoms with Crippen LogP contribution in [0, 0.1) is 11.3 Å². The van der Waals surface area contributed by atoms with Gasteiger partial charge in [0.25, 0.3) is 8.32 Å². The molecule has 0 amide bonds. The number of carbonyl (C=O) groups is 1. The second kappa shape index (κ2) is 12.0. The summed E-state index contributed by atoms with van der Waals surface area (Å²) in [6, 6.07) is 21.5. The molecule has 0 saturated heterocycles. The van der Waals surface area contributed by atoms with Crippen molar-refractivity contribution in [2.75, 3.05) is 20.5 Å². The lowest BCUT2D eigenvalue weighted by molar-refractivity contribution is -0.117. The van der Waals surface area contributed by atoms with E-state index in [-0.39, 0.29) is 29.1 Å². The van der Waals surface area contributed by atoms with Gasteiger partial charge in [-0.15, -0.1) is 0 Å². The van der Waals surface area contributed by atoms with Crippen LogP contribution in [-0.4, -0.2) is 40.7 Å². The van der Waals surface area contributed by atoms with E-state index in [1.165, 1.54) is 15.9 Å². The number of ether oxygens (including phenoxy) is 2. The zero-order valence-corrected chi connectivity index (χ0v) is 24.2. The number of rotatable bonds is 11. The van der Waals surface area contributed by atoms with E-state index in [1.54, 1.807) is 14.0 Å². The van der Waals surface area contributed by atoms with Gasteiger partial charge in [-0.1, -0.05) is 101 Å². The fraction of sp³-hybridized carbons (Fsp3) is 0.516. The third-order valence-electron chi connectivity index (χ3n) is 8.05. The first-order valence-electron chi connectivity index (χ1n) is 13.1. The van der Waals surface area contributed by atoms with E-state index in [0.717, 1.165) is 12.8 Å². The molecule has 196 valence electrons. The normalized spacial score (nSPS) is 22.8. The maximum atomic E-state index is 12.0. The maximum Gasteiger partial charge on any atom is 0.261 e. The fourth-order valence-corrected chi connectivity index (χ4v) is 10.2. The molecule has 1 aliphatic rings. The van der Waals surface area contributed by atoms with Crippen LogP contribution in [0.3, 0.4) is 0 Å². The molecule has 0 unspecified atom stereocenters. The van der Waals surface area contributed by atoms with Crippen molar-refractivity contribution in [1.82, 2.24) is 0 Å². The van der Waals surface area contributed by atoms with Gasteiger partial charge in [-0.05, 0) is 52.1 Å². The molecule has 0 radical (unpaired) electrons. The van der Waals surface area contributed by atoms with Crippen LogP contribution in [0.5, 0.6) is 0 Å². The fourth-order valence-electron chi connectivity index (χ4n) is 5.68. The number of methoxy groups -OCH3 is 1. The van der Waals surface area contributed by atoms with Gasteiger partial charge in [-0.25, -0.2) is 0 Å². The Labute approximate surface area is 219 Å². The summed E-state index contributed by atoms with van der Waals surface area (Å²) in [5.41, 5.74) is 1.10. The molecule has 0 aliphatic heterocycles. The molecule has 0 fully saturated rings. The Bertz CT molecular complexity index is 972. The third kappa shape index (κ3) is 6.08. The lowest BCUT2D eigenvalue weighted by Crippen LogP contribution is -2.66. The van der Waals surface area contributed by atoms with Crippen molar-refractivity contribution in [3.05, 3.63) is 72.3 Å². The molecule has 2 aromatic rings. The number of ketones is 1. The topological polar surface area (TPSA) is 44.8 Å². The summed E-state index contributed by atoms with van der Waals surface area (Å²) >= 11 is 0. The number of Topliss-reactive ketones (excluding diaryl/α,β-unsaturated/α-hetero) is 1. The molecule has 0 aromatic heterocycles. The van der Waals surface area contributed by atoms with Crippen molar-refractivity contribution in [3.63, 3.8) is 0 Å². The van der Waals surface area contributed by atoms with Crippen LogP contribution in [0.4, 0.5) is 0 Å². The summed E-state index contributed by atoms with van der Waals surface area (Å²) in [5, 5.41) is 2.44. The van der Waals surface area contributed by atoms with Crippen LogP contribution in [0.1, 0.15) is 60.8 Å². The van der Waals surface area contributed by atoms with Crippen LogP contribution >= 0.6 is 0 Å². The standard InChI is InChI=1S/C31H44O4Si/c1-24-20-27(34-23-33-7)21-26(31(24,6)19-18-25(2)32)22-35-36(30(3,4)5,28-14-10-8-11-15-28)29-16-12-9-13-17-29/h8-17,21,24,27H,18-20,22-23H2,1-7H3/t24-,27+,31-/m1/s1. The van der Waals surface area contributed by atoms with E-state index in [0.29, 0.717) is 18.9 Å². The van der Waals surface area contributed by atoms with Crippen molar-refractivity contribution in [3.8, 4) is 0 Å². The SMILES string of the molecule is COCO[C@@H]1C=C(CO[Si](c2ccccc2)(c2ccccc2)C(C)(C)C)[C@](C)(CCC(C)=O)[C@H](C)C1. The maximum absolute atomic E-state index is 12.0. The van der Waals surface area contributed by atoms with Gasteiger partial charge in [0.05, 0.1) is 12.7 Å². The summed E-state index contributed by atoms with van der Waals surface area (Å²) in [6.07, 6.45) is 4.51. The predicted octanol–water partition coefficient (Wildman–Crippen LogP) is 5.89. The van der Waals surface area contributed by atoms with Gasteiger partial charge in [-0.2, -0.15) is 0 Å². The van der Waals surface area contributed by atoms with Gasteiger partial charge >= 0.3 is 0 Å². The van der Waals surface area contributed by atoms with Crippen molar-refractivity contribution in [2.24, 2.45) is 11.3 Å². The van der Waals surface area contributed by atoms with E-state index < -0.39 is 8.32 Å². The first-order valence-corrected chi connectivity index (χ1v) is 15.0. The van der Waals surface area contributed by atoms with Gasteiger partial charge in [-0.3, -0.25) is 0 Å². The van der Waals surface area contributed by atoms with Gasteiger partial charge in [0, 0.05) is 13.5 Å². The summed E-state index contributed by atoms with van der Waals surface area (Å²) in [6.45, 7) is 13.9. The second-order valence-electron chi connectivity index (χ2n) is 11.5. The number of hydrogen-bond donors (Lipinski definition) is 0. The Hall–Kier alpha value is -2.05. The van der Waals surface area contributed by atoms with Crippen molar-refractivity contribution in [2.45, 2.75) is 71.9 Å². The Morgan fingerprint density at radius 3 is 2.06 bits per heavy atom. The zero-order valence-electron chi connectivity index (χ0n) is 23.2. The summed E-state index contributed by atoms with van der Waals surface area (Å²) < 4.78 is 18.5. The van der Waals surface area contributed by atoms with Crippen LogP contribution in [0.2, 0.25) is 5.04 Å². The summed E-state index contributed by atoms with van der Waals surface area (Å²) in [7, 11) is -1.03. The van der Waals surface area contributed by atoms with Crippen molar-refractivity contribution in [1.29, 1.82) is 0 Å². The van der Waals surface area contributed by atoms with E-state index in [9.17, 15) is 4.79 Å². The minimum atomic E-state index is -2.68. The van der Waals surface area contributed by atoms with E-state index in [2.05, 4.69) is 101 Å². The average Bonchev–Trinajstić information content (AvgIpc) is 2.85. The van der Waals surface area contributed by atoms with Crippen LogP contribution in [-0.2, 0) is 18.7 Å². The molecule has 0 bridgehead atoms. The molecule has 0 N–H and O–H groups in total. The predicted molar refractivity (Wildman–Crippen MR) is 150 cm³/mol.